The molecule has 2 aliphatic heterocycles. The topological polar surface area (TPSA) is 53.0 Å². The van der Waals surface area contributed by atoms with Gasteiger partial charge in [0.05, 0.1) is 17.1 Å². The normalized spacial score (nSPS) is 30.7. The van der Waals surface area contributed by atoms with Gasteiger partial charge in [-0.1, -0.05) is 42.5 Å². The van der Waals surface area contributed by atoms with Gasteiger partial charge in [0.1, 0.15) is 11.9 Å². The minimum atomic E-state index is -0.883. The highest BCUT2D eigenvalue weighted by Gasteiger charge is 2.72. The van der Waals surface area contributed by atoms with Crippen molar-refractivity contribution in [1.29, 1.82) is 0 Å². The molecule has 1 N–H and O–H groups in total. The average molecular weight is 606 g/mol. The van der Waals surface area contributed by atoms with Crippen molar-refractivity contribution >= 4 is 39.2 Å². The number of carbonyl (C=O) groups is 1. The number of carbonyl (C=O) groups excluding carboxylic acids is 1. The minimum absolute atomic E-state index is 0.0289. The van der Waals surface area contributed by atoms with Crippen LogP contribution in [0.5, 0.6) is 5.75 Å². The maximum absolute atomic E-state index is 13.4. The molecule has 5 nitrogen and oxygen atoms in total. The minimum Gasteiger partial charge on any atom is -0.487 e. The van der Waals surface area contributed by atoms with Gasteiger partial charge in [0, 0.05) is 46.0 Å². The number of rotatable bonds is 6. The SMILES string of the molecule is CN(C(=O)/C=C/c1cc(Br)cs1)[C@@H]1CC[C@@]2(O)[C@H]3Cc4cccc5c4[C@@]2(CCN3CCc2ccccc2)[C@H]1O5. The van der Waals surface area contributed by atoms with Crippen LogP contribution >= 0.6 is 27.3 Å². The van der Waals surface area contributed by atoms with E-state index in [0.717, 1.165) is 53.9 Å². The highest BCUT2D eigenvalue weighted by atomic mass is 79.9. The molecule has 2 aliphatic carbocycles. The second-order valence-corrected chi connectivity index (χ2v) is 13.4. The van der Waals surface area contributed by atoms with Crippen LogP contribution < -0.4 is 4.74 Å². The zero-order valence-corrected chi connectivity index (χ0v) is 24.5. The molecule has 3 aromatic rings. The summed E-state index contributed by atoms with van der Waals surface area (Å²) in [7, 11) is 1.89. The van der Waals surface area contributed by atoms with E-state index in [4.69, 9.17) is 4.74 Å². The highest BCUT2D eigenvalue weighted by molar-refractivity contribution is 9.10. The van der Waals surface area contributed by atoms with Gasteiger partial charge in [-0.05, 0) is 83.9 Å². The molecule has 39 heavy (non-hydrogen) atoms. The van der Waals surface area contributed by atoms with Crippen LogP contribution in [0, 0.1) is 0 Å². The third-order valence-electron chi connectivity index (χ3n) is 9.79. The molecule has 1 spiro atoms. The maximum atomic E-state index is 13.4. The smallest absolute Gasteiger partial charge is 0.246 e. The maximum Gasteiger partial charge on any atom is 0.246 e. The molecule has 2 bridgehead atoms. The Hall–Kier alpha value is -2.45. The number of thiophene rings is 1. The van der Waals surface area contributed by atoms with Crippen molar-refractivity contribution in [3.8, 4) is 5.75 Å². The van der Waals surface area contributed by atoms with E-state index in [0.29, 0.717) is 6.42 Å². The number of likely N-dealkylation sites (N-methyl/N-ethyl adjacent to an activating group) is 1. The summed E-state index contributed by atoms with van der Waals surface area (Å²) in [6, 6.07) is 18.9. The first kappa shape index (κ1) is 25.5. The molecular weight excluding hydrogens is 572 g/mol. The number of benzene rings is 2. The third-order valence-corrected chi connectivity index (χ3v) is 11.5. The van der Waals surface area contributed by atoms with Crippen molar-refractivity contribution < 1.29 is 14.6 Å². The van der Waals surface area contributed by atoms with Crippen LogP contribution in [0.4, 0.5) is 0 Å². The predicted octanol–water partition coefficient (Wildman–Crippen LogP) is 5.45. The fourth-order valence-corrected chi connectivity index (χ4v) is 9.34. The number of aliphatic hydroxyl groups is 1. The first-order valence-corrected chi connectivity index (χ1v) is 15.6. The Bertz CT molecular complexity index is 1440. The number of hydrogen-bond donors (Lipinski definition) is 1. The quantitative estimate of drug-likeness (QED) is 0.380. The summed E-state index contributed by atoms with van der Waals surface area (Å²) in [5.41, 5.74) is 2.46. The monoisotopic (exact) mass is 604 g/mol. The molecular formula is C32H33BrN2O3S. The van der Waals surface area contributed by atoms with E-state index < -0.39 is 11.0 Å². The molecule has 0 radical (unpaired) electrons. The Morgan fingerprint density at radius 3 is 2.87 bits per heavy atom. The molecule has 202 valence electrons. The summed E-state index contributed by atoms with van der Waals surface area (Å²) in [4.78, 5) is 18.8. The molecule has 7 rings (SSSR count). The summed E-state index contributed by atoms with van der Waals surface area (Å²) >= 11 is 5.09. The number of piperidine rings is 1. The second-order valence-electron chi connectivity index (χ2n) is 11.5. The number of likely N-dealkylation sites (tertiary alicyclic amines) is 1. The summed E-state index contributed by atoms with van der Waals surface area (Å²) in [5.74, 6) is 0.873. The second kappa shape index (κ2) is 9.58. The van der Waals surface area contributed by atoms with Gasteiger partial charge in [0.2, 0.25) is 5.91 Å². The van der Waals surface area contributed by atoms with Crippen molar-refractivity contribution in [3.05, 3.63) is 92.1 Å². The van der Waals surface area contributed by atoms with E-state index in [1.807, 2.05) is 29.5 Å². The lowest BCUT2D eigenvalue weighted by Gasteiger charge is -2.64. The van der Waals surface area contributed by atoms with E-state index in [1.54, 1.807) is 17.4 Å². The molecule has 3 heterocycles. The molecule has 1 amide bonds. The largest absolute Gasteiger partial charge is 0.487 e. The number of ether oxygens (including phenoxy) is 1. The van der Waals surface area contributed by atoms with Gasteiger partial charge in [-0.15, -0.1) is 11.3 Å². The molecule has 1 aromatic heterocycles. The molecule has 4 aliphatic rings. The van der Waals surface area contributed by atoms with Gasteiger partial charge in [-0.25, -0.2) is 0 Å². The van der Waals surface area contributed by atoms with Crippen LogP contribution in [0.25, 0.3) is 6.08 Å². The van der Waals surface area contributed by atoms with Crippen molar-refractivity contribution in [2.75, 3.05) is 20.1 Å². The molecule has 0 unspecified atom stereocenters. The Kier molecular flexibility index (Phi) is 6.27. The Balaban J connectivity index is 1.20. The lowest BCUT2D eigenvalue weighted by molar-refractivity contribution is -0.199. The van der Waals surface area contributed by atoms with Gasteiger partial charge < -0.3 is 14.7 Å². The van der Waals surface area contributed by atoms with Crippen LogP contribution in [0.2, 0.25) is 0 Å². The van der Waals surface area contributed by atoms with E-state index in [1.165, 1.54) is 16.7 Å². The molecule has 5 atom stereocenters. The first-order valence-electron chi connectivity index (χ1n) is 13.9. The highest BCUT2D eigenvalue weighted by Crippen LogP contribution is 2.64. The van der Waals surface area contributed by atoms with E-state index >= 15 is 0 Å². The first-order chi connectivity index (χ1) is 18.9. The van der Waals surface area contributed by atoms with Crippen molar-refractivity contribution in [3.63, 3.8) is 0 Å². The van der Waals surface area contributed by atoms with Crippen molar-refractivity contribution in [1.82, 2.24) is 9.80 Å². The van der Waals surface area contributed by atoms with Gasteiger partial charge in [-0.2, -0.15) is 0 Å². The number of nitrogens with zero attached hydrogens (tertiary/aromatic N) is 2. The lowest BCUT2D eigenvalue weighted by atomic mass is 9.48. The van der Waals surface area contributed by atoms with Gasteiger partial charge >= 0.3 is 0 Å². The summed E-state index contributed by atoms with van der Waals surface area (Å²) in [6.45, 7) is 1.85. The molecule has 2 aromatic carbocycles. The number of halogens is 1. The standard InChI is InChI=1S/C32H33BrN2O3S/c1-34(28(36)11-10-24-19-23(33)20-39-24)25-12-14-32(37)27-18-22-8-5-9-26-29(22)31(32,30(25)38-26)15-17-35(27)16-13-21-6-3-2-4-7-21/h2-11,19-20,25,27,30,37H,12-18H2,1H3/b11-10+/t25-,27-,30+,31+,32-/m1/s1. The summed E-state index contributed by atoms with van der Waals surface area (Å²) in [5, 5.41) is 14.7. The fourth-order valence-electron chi connectivity index (χ4n) is 8.01. The fraction of sp³-hybridized carbons (Fsp3) is 0.406. The average Bonchev–Trinajstić information content (AvgIpc) is 3.52. The zero-order valence-electron chi connectivity index (χ0n) is 22.1. The van der Waals surface area contributed by atoms with Crippen molar-refractivity contribution in [2.45, 2.75) is 61.3 Å². The predicted molar refractivity (Wildman–Crippen MR) is 158 cm³/mol. The van der Waals surface area contributed by atoms with Gasteiger partial charge in [0.25, 0.3) is 0 Å². The summed E-state index contributed by atoms with van der Waals surface area (Å²) in [6.07, 6.45) is 7.32. The van der Waals surface area contributed by atoms with Gasteiger partial charge in [0.15, 0.2) is 0 Å². The van der Waals surface area contributed by atoms with Crippen molar-refractivity contribution in [2.24, 2.45) is 0 Å². The Labute approximate surface area is 242 Å². The van der Waals surface area contributed by atoms with Crippen LogP contribution in [-0.2, 0) is 23.1 Å². The molecule has 7 heteroatoms. The molecule has 2 fully saturated rings. The molecule has 1 saturated carbocycles. The van der Waals surface area contributed by atoms with Crippen LogP contribution in [0.15, 0.2) is 70.5 Å². The van der Waals surface area contributed by atoms with E-state index in [-0.39, 0.29) is 24.1 Å². The molecule has 1 saturated heterocycles. The van der Waals surface area contributed by atoms with Crippen LogP contribution in [0.1, 0.15) is 40.8 Å². The van der Waals surface area contributed by atoms with E-state index in [9.17, 15) is 9.90 Å². The summed E-state index contributed by atoms with van der Waals surface area (Å²) < 4.78 is 7.78. The van der Waals surface area contributed by atoms with Gasteiger partial charge in [-0.3, -0.25) is 9.69 Å². The Morgan fingerprint density at radius 2 is 2.08 bits per heavy atom. The third kappa shape index (κ3) is 3.88. The lowest BCUT2D eigenvalue weighted by Crippen LogP contribution is -2.78. The van der Waals surface area contributed by atoms with E-state index in [2.05, 4.69) is 69.4 Å². The number of amides is 1. The zero-order chi connectivity index (χ0) is 26.8. The van der Waals surface area contributed by atoms with Crippen LogP contribution in [0.3, 0.4) is 0 Å². The van der Waals surface area contributed by atoms with Crippen LogP contribution in [-0.4, -0.2) is 64.7 Å². The Morgan fingerprint density at radius 1 is 1.23 bits per heavy atom. The number of hydrogen-bond acceptors (Lipinski definition) is 5.